The maximum atomic E-state index is 14.0. The van der Waals surface area contributed by atoms with Gasteiger partial charge < -0.3 is 10.2 Å². The van der Waals surface area contributed by atoms with Crippen molar-refractivity contribution in [3.05, 3.63) is 101 Å². The molecule has 3 aromatic rings. The Morgan fingerprint density at radius 3 is 2.18 bits per heavy atom. The fraction of sp³-hybridized carbons (Fsp3) is 0.333. The minimum absolute atomic E-state index is 0.138. The molecule has 0 radical (unpaired) electrons. The first-order valence-electron chi connectivity index (χ1n) is 12.8. The number of hydrogen-bond acceptors (Lipinski definition) is 4. The number of carbonyl (C=O) groups is 2. The van der Waals surface area contributed by atoms with Gasteiger partial charge in [-0.1, -0.05) is 91.7 Å². The minimum atomic E-state index is -3.84. The summed E-state index contributed by atoms with van der Waals surface area (Å²) in [5, 5.41) is 3.32. The Labute approximate surface area is 236 Å². The molecule has 9 heteroatoms. The summed E-state index contributed by atoms with van der Waals surface area (Å²) in [5.41, 5.74) is 3.06. The summed E-state index contributed by atoms with van der Waals surface area (Å²) >= 11 is 6.13. The van der Waals surface area contributed by atoms with E-state index in [0.717, 1.165) is 27.3 Å². The smallest absolute Gasteiger partial charge is 0.244 e. The Bertz CT molecular complexity index is 1360. The molecule has 208 valence electrons. The molecule has 1 N–H and O–H groups in total. The van der Waals surface area contributed by atoms with E-state index in [0.29, 0.717) is 11.6 Å². The van der Waals surface area contributed by atoms with Gasteiger partial charge in [0, 0.05) is 24.5 Å². The van der Waals surface area contributed by atoms with Gasteiger partial charge in [0.1, 0.15) is 12.6 Å². The summed E-state index contributed by atoms with van der Waals surface area (Å²) in [4.78, 5) is 29.1. The lowest BCUT2D eigenvalue weighted by Gasteiger charge is -2.33. The van der Waals surface area contributed by atoms with Gasteiger partial charge in [0.15, 0.2) is 0 Å². The molecule has 3 rings (SSSR count). The van der Waals surface area contributed by atoms with Crippen LogP contribution >= 0.6 is 11.6 Å². The van der Waals surface area contributed by atoms with Crippen LogP contribution in [-0.4, -0.2) is 50.5 Å². The van der Waals surface area contributed by atoms with Crippen LogP contribution in [0.4, 0.5) is 5.69 Å². The van der Waals surface area contributed by atoms with E-state index in [9.17, 15) is 18.0 Å². The third-order valence-corrected chi connectivity index (χ3v) is 7.58. The highest BCUT2D eigenvalue weighted by molar-refractivity contribution is 7.92. The Morgan fingerprint density at radius 1 is 0.923 bits per heavy atom. The van der Waals surface area contributed by atoms with Gasteiger partial charge in [-0.2, -0.15) is 0 Å². The van der Waals surface area contributed by atoms with Crippen LogP contribution in [0.15, 0.2) is 78.9 Å². The Morgan fingerprint density at radius 2 is 1.59 bits per heavy atom. The molecule has 0 aliphatic carbocycles. The summed E-state index contributed by atoms with van der Waals surface area (Å²) in [5.74, 6) is -0.570. The van der Waals surface area contributed by atoms with Crippen LogP contribution in [0.1, 0.15) is 30.5 Å². The fourth-order valence-electron chi connectivity index (χ4n) is 4.11. The predicted octanol–water partition coefficient (Wildman–Crippen LogP) is 4.83. The van der Waals surface area contributed by atoms with Gasteiger partial charge >= 0.3 is 0 Å². The maximum Gasteiger partial charge on any atom is 0.244 e. The molecule has 0 aromatic heterocycles. The average molecular weight is 570 g/mol. The van der Waals surface area contributed by atoms with Gasteiger partial charge in [-0.15, -0.1) is 0 Å². The zero-order valence-corrected chi connectivity index (χ0v) is 24.4. The molecule has 0 saturated heterocycles. The van der Waals surface area contributed by atoms with Crippen LogP contribution in [0, 0.1) is 12.8 Å². The molecule has 7 nitrogen and oxygen atoms in total. The first-order chi connectivity index (χ1) is 18.4. The van der Waals surface area contributed by atoms with E-state index in [2.05, 4.69) is 5.32 Å². The highest BCUT2D eigenvalue weighted by atomic mass is 35.5. The summed E-state index contributed by atoms with van der Waals surface area (Å²) in [7, 11) is -3.84. The van der Waals surface area contributed by atoms with Crippen molar-refractivity contribution >= 4 is 39.1 Å². The van der Waals surface area contributed by atoms with Gasteiger partial charge in [0.2, 0.25) is 21.8 Å². The second-order valence-corrected chi connectivity index (χ2v) is 12.4. The van der Waals surface area contributed by atoms with Gasteiger partial charge in [-0.05, 0) is 42.2 Å². The largest absolute Gasteiger partial charge is 0.354 e. The number of rotatable bonds is 12. The minimum Gasteiger partial charge on any atom is -0.354 e. The molecule has 3 aromatic carbocycles. The van der Waals surface area contributed by atoms with Crippen LogP contribution in [0.25, 0.3) is 0 Å². The van der Waals surface area contributed by atoms with E-state index in [-0.39, 0.29) is 30.5 Å². The first-order valence-corrected chi connectivity index (χ1v) is 15.1. The number of anilines is 1. The van der Waals surface area contributed by atoms with Crippen LogP contribution in [-0.2, 0) is 32.6 Å². The molecule has 0 aliphatic heterocycles. The van der Waals surface area contributed by atoms with Crippen molar-refractivity contribution in [1.82, 2.24) is 10.2 Å². The van der Waals surface area contributed by atoms with E-state index < -0.39 is 28.5 Å². The number of aryl methyl sites for hydroxylation is 1. The monoisotopic (exact) mass is 569 g/mol. The molecular weight excluding hydrogens is 534 g/mol. The van der Waals surface area contributed by atoms with Gasteiger partial charge in [0.05, 0.1) is 11.9 Å². The highest BCUT2D eigenvalue weighted by Gasteiger charge is 2.33. The Kier molecular flexibility index (Phi) is 10.5. The average Bonchev–Trinajstić information content (AvgIpc) is 2.88. The van der Waals surface area contributed by atoms with Gasteiger partial charge in [-0.3, -0.25) is 13.9 Å². The zero-order chi connectivity index (χ0) is 28.6. The quantitative estimate of drug-likeness (QED) is 0.338. The normalized spacial score (nSPS) is 12.2. The van der Waals surface area contributed by atoms with Crippen molar-refractivity contribution in [3.63, 3.8) is 0 Å². The molecule has 1 atom stereocenters. The molecule has 2 amide bonds. The van der Waals surface area contributed by atoms with E-state index >= 15 is 0 Å². The molecule has 0 spiro atoms. The van der Waals surface area contributed by atoms with E-state index in [1.165, 1.54) is 11.0 Å². The van der Waals surface area contributed by atoms with Gasteiger partial charge in [-0.25, -0.2) is 8.42 Å². The summed E-state index contributed by atoms with van der Waals surface area (Å²) < 4.78 is 26.6. The molecule has 1 unspecified atom stereocenters. The summed E-state index contributed by atoms with van der Waals surface area (Å²) in [6.07, 6.45) is 1.32. The van der Waals surface area contributed by atoms with Crippen LogP contribution in [0.2, 0.25) is 5.02 Å². The van der Waals surface area contributed by atoms with Crippen molar-refractivity contribution in [2.45, 2.75) is 39.8 Å². The lowest BCUT2D eigenvalue weighted by Crippen LogP contribution is -2.53. The number of halogens is 1. The summed E-state index contributed by atoms with van der Waals surface area (Å²) in [6, 6.07) is 22.7. The molecular formula is C30H36ClN3O4S. The highest BCUT2D eigenvalue weighted by Crippen LogP contribution is 2.23. The lowest BCUT2D eigenvalue weighted by molar-refractivity contribution is -0.140. The van der Waals surface area contributed by atoms with Crippen molar-refractivity contribution in [1.29, 1.82) is 0 Å². The SMILES string of the molecule is Cc1ccc(CN(C(=O)CN(c2cccc(Cl)c2)S(C)(=O)=O)C(Cc2ccccc2)C(=O)NCC(C)C)cc1. The maximum absolute atomic E-state index is 14.0. The Hall–Kier alpha value is -3.36. The molecule has 0 fully saturated rings. The van der Waals surface area contributed by atoms with E-state index in [4.69, 9.17) is 11.6 Å². The Balaban J connectivity index is 2.04. The topological polar surface area (TPSA) is 86.8 Å². The molecule has 0 saturated carbocycles. The number of nitrogens with one attached hydrogen (secondary N) is 1. The van der Waals surface area contributed by atoms with E-state index in [1.54, 1.807) is 18.2 Å². The zero-order valence-electron chi connectivity index (χ0n) is 22.8. The van der Waals surface area contributed by atoms with Crippen LogP contribution < -0.4 is 9.62 Å². The number of hydrogen-bond donors (Lipinski definition) is 1. The number of amides is 2. The summed E-state index contributed by atoms with van der Waals surface area (Å²) in [6.45, 7) is 6.08. The number of benzene rings is 3. The number of sulfonamides is 1. The lowest BCUT2D eigenvalue weighted by atomic mass is 10.0. The third-order valence-electron chi connectivity index (χ3n) is 6.20. The molecule has 0 heterocycles. The molecule has 0 aliphatic rings. The predicted molar refractivity (Wildman–Crippen MR) is 157 cm³/mol. The van der Waals surface area contributed by atoms with Crippen LogP contribution in [0.3, 0.4) is 0 Å². The van der Waals surface area contributed by atoms with Crippen molar-refractivity contribution in [3.8, 4) is 0 Å². The number of nitrogens with zero attached hydrogens (tertiary/aromatic N) is 2. The van der Waals surface area contributed by atoms with Crippen LogP contribution in [0.5, 0.6) is 0 Å². The van der Waals surface area contributed by atoms with E-state index in [1.807, 2.05) is 75.4 Å². The van der Waals surface area contributed by atoms with Crippen molar-refractivity contribution in [2.75, 3.05) is 23.7 Å². The molecule has 0 bridgehead atoms. The van der Waals surface area contributed by atoms with Gasteiger partial charge in [0.25, 0.3) is 0 Å². The molecule has 39 heavy (non-hydrogen) atoms. The van der Waals surface area contributed by atoms with Crippen molar-refractivity contribution in [2.24, 2.45) is 5.92 Å². The number of carbonyl (C=O) groups excluding carboxylic acids is 2. The first kappa shape index (κ1) is 30.2. The third kappa shape index (κ3) is 9.11. The standard InChI is InChI=1S/C30H36ClN3O4S/c1-22(2)19-32-30(36)28(17-24-9-6-5-7-10-24)33(20-25-15-13-23(3)14-16-25)29(35)21-34(39(4,37)38)27-12-8-11-26(31)18-27/h5-16,18,22,28H,17,19-21H2,1-4H3,(H,32,36). The van der Waals surface area contributed by atoms with Crippen molar-refractivity contribution < 1.29 is 18.0 Å². The fourth-order valence-corrected chi connectivity index (χ4v) is 5.14. The second kappa shape index (κ2) is 13.6. The second-order valence-electron chi connectivity index (χ2n) is 10.1.